The standard InChI is InChI=1S/C36H29N3O4S/c40-34(37-28-16-20-31(21-17-28)43-30-14-8-3-9-15-30)25-44-32-22-18-29(19-23-32)38-36(42)33(24-26-10-4-1-5-11-26)39-35(41)27-12-6-2-7-13-27/h1-24H,25H2,(H,37,40)(H,38,42)(H,39,41)/b33-24-. The largest absolute Gasteiger partial charge is 0.457 e. The molecule has 44 heavy (non-hydrogen) atoms. The van der Waals surface area contributed by atoms with Crippen LogP contribution in [0.4, 0.5) is 11.4 Å². The van der Waals surface area contributed by atoms with Crippen LogP contribution in [0.2, 0.25) is 0 Å². The molecule has 3 amide bonds. The molecule has 5 aromatic rings. The Morgan fingerprint density at radius 2 is 1.16 bits per heavy atom. The van der Waals surface area contributed by atoms with Crippen molar-refractivity contribution in [3.05, 3.63) is 156 Å². The first kappa shape index (κ1) is 29.9. The summed E-state index contributed by atoms with van der Waals surface area (Å²) in [5.74, 6) is 0.641. The fourth-order valence-corrected chi connectivity index (χ4v) is 4.77. The van der Waals surface area contributed by atoms with Crippen LogP contribution in [0.15, 0.2) is 150 Å². The van der Waals surface area contributed by atoms with E-state index < -0.39 is 5.91 Å². The number of rotatable bonds is 11. The first-order valence-corrected chi connectivity index (χ1v) is 14.8. The smallest absolute Gasteiger partial charge is 0.272 e. The molecule has 7 nitrogen and oxygen atoms in total. The van der Waals surface area contributed by atoms with Gasteiger partial charge in [-0.3, -0.25) is 14.4 Å². The predicted molar refractivity (Wildman–Crippen MR) is 176 cm³/mol. The molecule has 0 aliphatic carbocycles. The third-order valence-corrected chi connectivity index (χ3v) is 7.25. The number of para-hydroxylation sites is 1. The fraction of sp³-hybridized carbons (Fsp3) is 0.0278. The molecule has 8 heteroatoms. The topological polar surface area (TPSA) is 96.5 Å². The van der Waals surface area contributed by atoms with Crippen LogP contribution in [0, 0.1) is 0 Å². The van der Waals surface area contributed by atoms with Crippen molar-refractivity contribution < 1.29 is 19.1 Å². The van der Waals surface area contributed by atoms with Gasteiger partial charge in [-0.15, -0.1) is 11.8 Å². The fourth-order valence-electron chi connectivity index (χ4n) is 4.07. The average Bonchev–Trinajstić information content (AvgIpc) is 3.06. The summed E-state index contributed by atoms with van der Waals surface area (Å²) in [6.45, 7) is 0. The Kier molecular flexibility index (Phi) is 10.2. The quantitative estimate of drug-likeness (QED) is 0.107. The van der Waals surface area contributed by atoms with Crippen LogP contribution in [0.25, 0.3) is 6.08 Å². The Balaban J connectivity index is 1.14. The Labute approximate surface area is 260 Å². The zero-order valence-electron chi connectivity index (χ0n) is 23.6. The van der Waals surface area contributed by atoms with Gasteiger partial charge in [-0.25, -0.2) is 0 Å². The van der Waals surface area contributed by atoms with Crippen molar-refractivity contribution in [2.75, 3.05) is 16.4 Å². The highest BCUT2D eigenvalue weighted by molar-refractivity contribution is 8.00. The first-order chi connectivity index (χ1) is 21.5. The van der Waals surface area contributed by atoms with Gasteiger partial charge in [0.25, 0.3) is 11.8 Å². The zero-order valence-corrected chi connectivity index (χ0v) is 24.4. The molecule has 0 atom stereocenters. The molecule has 0 spiro atoms. The number of benzene rings is 5. The zero-order chi connectivity index (χ0) is 30.6. The lowest BCUT2D eigenvalue weighted by atomic mass is 10.1. The number of thioether (sulfide) groups is 1. The SMILES string of the molecule is O=C(CSc1ccc(NC(=O)/C(=C/c2ccccc2)NC(=O)c2ccccc2)cc1)Nc1ccc(Oc2ccccc2)cc1. The molecule has 0 radical (unpaired) electrons. The molecule has 218 valence electrons. The van der Waals surface area contributed by atoms with E-state index in [2.05, 4.69) is 16.0 Å². The third kappa shape index (κ3) is 8.95. The van der Waals surface area contributed by atoms with Crippen LogP contribution >= 0.6 is 11.8 Å². The lowest BCUT2D eigenvalue weighted by Gasteiger charge is -2.12. The van der Waals surface area contributed by atoms with E-state index in [0.717, 1.165) is 16.2 Å². The van der Waals surface area contributed by atoms with Gasteiger partial charge in [0.1, 0.15) is 17.2 Å². The second kappa shape index (κ2) is 15.0. The number of carbonyl (C=O) groups excluding carboxylic acids is 3. The highest BCUT2D eigenvalue weighted by Gasteiger charge is 2.15. The number of anilines is 2. The van der Waals surface area contributed by atoms with Crippen LogP contribution < -0.4 is 20.7 Å². The van der Waals surface area contributed by atoms with E-state index in [4.69, 9.17) is 4.74 Å². The Morgan fingerprint density at radius 3 is 1.82 bits per heavy atom. The molecule has 0 saturated heterocycles. The Hall–Kier alpha value is -5.60. The second-order valence-corrected chi connectivity index (χ2v) is 10.6. The Morgan fingerprint density at radius 1 is 0.614 bits per heavy atom. The molecule has 0 heterocycles. The molecule has 3 N–H and O–H groups in total. The van der Waals surface area contributed by atoms with Gasteiger partial charge in [-0.2, -0.15) is 0 Å². The average molecular weight is 600 g/mol. The minimum Gasteiger partial charge on any atom is -0.457 e. The predicted octanol–water partition coefficient (Wildman–Crippen LogP) is 7.62. The first-order valence-electron chi connectivity index (χ1n) is 13.8. The van der Waals surface area contributed by atoms with Gasteiger partial charge in [-0.1, -0.05) is 66.7 Å². The van der Waals surface area contributed by atoms with Crippen molar-refractivity contribution in [3.63, 3.8) is 0 Å². The lowest BCUT2D eigenvalue weighted by Crippen LogP contribution is -2.30. The van der Waals surface area contributed by atoms with E-state index >= 15 is 0 Å². The summed E-state index contributed by atoms with van der Waals surface area (Å²) in [4.78, 5) is 39.4. The minimum absolute atomic E-state index is 0.111. The third-order valence-electron chi connectivity index (χ3n) is 6.24. The molecule has 0 aliphatic heterocycles. The number of carbonyl (C=O) groups is 3. The van der Waals surface area contributed by atoms with Crippen molar-refractivity contribution in [2.45, 2.75) is 4.90 Å². The highest BCUT2D eigenvalue weighted by atomic mass is 32.2. The summed E-state index contributed by atoms with van der Waals surface area (Å²) < 4.78 is 5.79. The van der Waals surface area contributed by atoms with E-state index in [-0.39, 0.29) is 23.3 Å². The van der Waals surface area contributed by atoms with E-state index in [1.54, 1.807) is 66.7 Å². The summed E-state index contributed by atoms with van der Waals surface area (Å²) in [5.41, 5.74) is 2.55. The lowest BCUT2D eigenvalue weighted by molar-refractivity contribution is -0.114. The van der Waals surface area contributed by atoms with Crippen LogP contribution in [0.1, 0.15) is 15.9 Å². The van der Waals surface area contributed by atoms with Gasteiger partial charge in [0.2, 0.25) is 5.91 Å². The molecule has 0 fully saturated rings. The van der Waals surface area contributed by atoms with E-state index in [0.29, 0.717) is 22.7 Å². The van der Waals surface area contributed by atoms with Crippen molar-refractivity contribution in [1.82, 2.24) is 5.32 Å². The second-order valence-electron chi connectivity index (χ2n) is 9.54. The Bertz CT molecular complexity index is 1730. The van der Waals surface area contributed by atoms with Crippen molar-refractivity contribution >= 4 is 46.9 Å². The molecule has 0 bridgehead atoms. The summed E-state index contributed by atoms with van der Waals surface area (Å²) in [5, 5.41) is 8.46. The molecular weight excluding hydrogens is 570 g/mol. The maximum atomic E-state index is 13.2. The maximum absolute atomic E-state index is 13.2. The van der Waals surface area contributed by atoms with Crippen LogP contribution in [0.5, 0.6) is 11.5 Å². The normalized spacial score (nSPS) is 10.9. The highest BCUT2D eigenvalue weighted by Crippen LogP contribution is 2.24. The monoisotopic (exact) mass is 599 g/mol. The number of hydrogen-bond acceptors (Lipinski definition) is 5. The van der Waals surface area contributed by atoms with Gasteiger partial charge in [0.05, 0.1) is 5.75 Å². The van der Waals surface area contributed by atoms with Crippen molar-refractivity contribution in [3.8, 4) is 11.5 Å². The van der Waals surface area contributed by atoms with Crippen LogP contribution in [-0.2, 0) is 9.59 Å². The van der Waals surface area contributed by atoms with E-state index in [1.807, 2.05) is 78.9 Å². The summed E-state index contributed by atoms with van der Waals surface area (Å²) in [6, 6.07) is 41.8. The molecule has 0 saturated carbocycles. The van der Waals surface area contributed by atoms with Gasteiger partial charge in [0, 0.05) is 21.8 Å². The molecule has 0 aromatic heterocycles. The van der Waals surface area contributed by atoms with Crippen molar-refractivity contribution in [2.24, 2.45) is 0 Å². The molecule has 0 aliphatic rings. The number of ether oxygens (including phenoxy) is 1. The van der Waals surface area contributed by atoms with Crippen molar-refractivity contribution in [1.29, 1.82) is 0 Å². The maximum Gasteiger partial charge on any atom is 0.272 e. The van der Waals surface area contributed by atoms with Gasteiger partial charge >= 0.3 is 0 Å². The molecule has 5 rings (SSSR count). The summed E-state index contributed by atoms with van der Waals surface area (Å²) in [6.07, 6.45) is 1.63. The number of amides is 3. The van der Waals surface area contributed by atoms with E-state index in [1.165, 1.54) is 11.8 Å². The number of nitrogens with one attached hydrogen (secondary N) is 3. The van der Waals surface area contributed by atoms with Gasteiger partial charge in [-0.05, 0) is 84.4 Å². The molecular formula is C36H29N3O4S. The van der Waals surface area contributed by atoms with Crippen LogP contribution in [-0.4, -0.2) is 23.5 Å². The number of hydrogen-bond donors (Lipinski definition) is 3. The minimum atomic E-state index is -0.460. The molecule has 0 unspecified atom stereocenters. The van der Waals surface area contributed by atoms with E-state index in [9.17, 15) is 14.4 Å². The van der Waals surface area contributed by atoms with Gasteiger partial charge in [0.15, 0.2) is 0 Å². The summed E-state index contributed by atoms with van der Waals surface area (Å²) in [7, 11) is 0. The van der Waals surface area contributed by atoms with Crippen LogP contribution in [0.3, 0.4) is 0 Å². The summed E-state index contributed by atoms with van der Waals surface area (Å²) >= 11 is 1.38. The van der Waals surface area contributed by atoms with Gasteiger partial charge < -0.3 is 20.7 Å². The molecule has 5 aromatic carbocycles.